The molecule has 0 spiro atoms. The molecule has 5 nitrogen and oxygen atoms in total. The van der Waals surface area contributed by atoms with Gasteiger partial charge in [0.05, 0.1) is 11.0 Å². The van der Waals surface area contributed by atoms with Crippen LogP contribution in [0.25, 0.3) is 0 Å². The number of aliphatic hydroxyl groups is 1. The van der Waals surface area contributed by atoms with E-state index in [1.807, 2.05) is 25.3 Å². The van der Waals surface area contributed by atoms with Crippen molar-refractivity contribution in [3.05, 3.63) is 22.4 Å². The second-order valence-electron chi connectivity index (χ2n) is 6.18. The van der Waals surface area contributed by atoms with E-state index in [4.69, 9.17) is 0 Å². The van der Waals surface area contributed by atoms with Crippen LogP contribution in [0.4, 0.5) is 0 Å². The SMILES string of the molecule is CC(C)C(NC(=O)c1cccs1)C(=O)NCC1CCCC1O. The standard InChI is InChI=1S/C16H24N2O3S/c1-10(2)14(18-15(20)13-7-4-8-22-13)16(21)17-9-11-5-3-6-12(11)19/h4,7-8,10-12,14,19H,3,5-6,9H2,1-2H3,(H,17,21)(H,18,20). The summed E-state index contributed by atoms with van der Waals surface area (Å²) in [6, 6.07) is 2.99. The maximum Gasteiger partial charge on any atom is 0.262 e. The van der Waals surface area contributed by atoms with Crippen LogP contribution in [-0.2, 0) is 4.79 Å². The number of hydrogen-bond acceptors (Lipinski definition) is 4. The first kappa shape index (κ1) is 17.0. The van der Waals surface area contributed by atoms with Gasteiger partial charge >= 0.3 is 0 Å². The summed E-state index contributed by atoms with van der Waals surface area (Å²) in [5, 5.41) is 17.3. The van der Waals surface area contributed by atoms with E-state index >= 15 is 0 Å². The van der Waals surface area contributed by atoms with E-state index in [9.17, 15) is 14.7 Å². The van der Waals surface area contributed by atoms with Crippen LogP contribution in [0.5, 0.6) is 0 Å². The molecule has 122 valence electrons. The van der Waals surface area contributed by atoms with Crippen molar-refractivity contribution in [1.29, 1.82) is 0 Å². The first-order chi connectivity index (χ1) is 10.5. The highest BCUT2D eigenvalue weighted by Gasteiger charge is 2.28. The Morgan fingerprint density at radius 3 is 2.73 bits per heavy atom. The first-order valence-electron chi connectivity index (χ1n) is 7.79. The summed E-state index contributed by atoms with van der Waals surface area (Å²) in [4.78, 5) is 25.1. The lowest BCUT2D eigenvalue weighted by Crippen LogP contribution is -2.50. The highest BCUT2D eigenvalue weighted by molar-refractivity contribution is 7.12. The lowest BCUT2D eigenvalue weighted by molar-refractivity contribution is -0.124. The van der Waals surface area contributed by atoms with Crippen LogP contribution in [0.3, 0.4) is 0 Å². The summed E-state index contributed by atoms with van der Waals surface area (Å²) in [5.74, 6) is -0.272. The summed E-state index contributed by atoms with van der Waals surface area (Å²) in [6.45, 7) is 4.28. The molecule has 3 N–H and O–H groups in total. The van der Waals surface area contributed by atoms with Gasteiger partial charge in [0.1, 0.15) is 6.04 Å². The van der Waals surface area contributed by atoms with Gasteiger partial charge in [-0.25, -0.2) is 0 Å². The number of carbonyl (C=O) groups excluding carboxylic acids is 2. The van der Waals surface area contributed by atoms with Crippen LogP contribution in [0.1, 0.15) is 42.8 Å². The minimum atomic E-state index is -0.562. The fourth-order valence-electron chi connectivity index (χ4n) is 2.75. The molecule has 2 amide bonds. The van der Waals surface area contributed by atoms with E-state index in [1.165, 1.54) is 11.3 Å². The molecule has 0 saturated heterocycles. The molecule has 1 aliphatic carbocycles. The smallest absolute Gasteiger partial charge is 0.262 e. The molecule has 0 aromatic carbocycles. The third-order valence-electron chi connectivity index (χ3n) is 4.14. The monoisotopic (exact) mass is 324 g/mol. The Bertz CT molecular complexity index is 501. The van der Waals surface area contributed by atoms with Crippen LogP contribution in [0, 0.1) is 11.8 Å². The van der Waals surface area contributed by atoms with Crippen molar-refractivity contribution in [3.63, 3.8) is 0 Å². The highest BCUT2D eigenvalue weighted by Crippen LogP contribution is 2.24. The van der Waals surface area contributed by atoms with Gasteiger partial charge < -0.3 is 15.7 Å². The maximum absolute atomic E-state index is 12.3. The molecule has 22 heavy (non-hydrogen) atoms. The largest absolute Gasteiger partial charge is 0.393 e. The Kier molecular flexibility index (Phi) is 5.97. The minimum Gasteiger partial charge on any atom is -0.393 e. The number of carbonyl (C=O) groups is 2. The van der Waals surface area contributed by atoms with Gasteiger partial charge in [-0.2, -0.15) is 0 Å². The molecular weight excluding hydrogens is 300 g/mol. The van der Waals surface area contributed by atoms with Crippen molar-refractivity contribution in [1.82, 2.24) is 10.6 Å². The molecule has 1 fully saturated rings. The summed E-state index contributed by atoms with van der Waals surface area (Å²) in [6.07, 6.45) is 2.43. The molecule has 1 aliphatic rings. The third kappa shape index (κ3) is 4.30. The number of nitrogens with one attached hydrogen (secondary N) is 2. The average Bonchev–Trinajstić information content (AvgIpc) is 3.13. The van der Waals surface area contributed by atoms with Crippen molar-refractivity contribution in [3.8, 4) is 0 Å². The highest BCUT2D eigenvalue weighted by atomic mass is 32.1. The van der Waals surface area contributed by atoms with Gasteiger partial charge in [0.25, 0.3) is 5.91 Å². The number of hydrogen-bond donors (Lipinski definition) is 3. The van der Waals surface area contributed by atoms with Crippen LogP contribution >= 0.6 is 11.3 Å². The predicted molar refractivity (Wildman–Crippen MR) is 86.8 cm³/mol. The van der Waals surface area contributed by atoms with Crippen LogP contribution in [-0.4, -0.2) is 35.6 Å². The average molecular weight is 324 g/mol. The third-order valence-corrected chi connectivity index (χ3v) is 5.01. The maximum atomic E-state index is 12.3. The second-order valence-corrected chi connectivity index (χ2v) is 7.12. The lowest BCUT2D eigenvalue weighted by atomic mass is 10.0. The van der Waals surface area contributed by atoms with Gasteiger partial charge in [-0.3, -0.25) is 9.59 Å². The van der Waals surface area contributed by atoms with E-state index in [-0.39, 0.29) is 29.8 Å². The van der Waals surface area contributed by atoms with Crippen LogP contribution in [0.15, 0.2) is 17.5 Å². The van der Waals surface area contributed by atoms with Crippen LogP contribution in [0.2, 0.25) is 0 Å². The van der Waals surface area contributed by atoms with Gasteiger partial charge in [-0.1, -0.05) is 26.3 Å². The number of amides is 2. The number of aliphatic hydroxyl groups excluding tert-OH is 1. The topological polar surface area (TPSA) is 78.4 Å². The van der Waals surface area contributed by atoms with Gasteiger partial charge in [0, 0.05) is 12.5 Å². The Hall–Kier alpha value is -1.40. The molecule has 0 bridgehead atoms. The van der Waals surface area contributed by atoms with Crippen molar-refractivity contribution < 1.29 is 14.7 Å². The van der Waals surface area contributed by atoms with Gasteiger partial charge in [0.15, 0.2) is 0 Å². The zero-order chi connectivity index (χ0) is 16.1. The Morgan fingerprint density at radius 2 is 2.18 bits per heavy atom. The Morgan fingerprint density at radius 1 is 1.41 bits per heavy atom. The van der Waals surface area contributed by atoms with E-state index in [0.29, 0.717) is 11.4 Å². The van der Waals surface area contributed by atoms with Crippen molar-refractivity contribution in [2.75, 3.05) is 6.54 Å². The summed E-state index contributed by atoms with van der Waals surface area (Å²) in [5.41, 5.74) is 0. The van der Waals surface area contributed by atoms with E-state index in [0.717, 1.165) is 19.3 Å². The Labute approximate surface area is 135 Å². The normalized spacial score (nSPS) is 22.5. The zero-order valence-electron chi connectivity index (χ0n) is 13.0. The number of thiophene rings is 1. The molecule has 6 heteroatoms. The first-order valence-corrected chi connectivity index (χ1v) is 8.67. The van der Waals surface area contributed by atoms with Gasteiger partial charge in [0.2, 0.25) is 5.91 Å². The molecule has 1 heterocycles. The molecule has 0 radical (unpaired) electrons. The van der Waals surface area contributed by atoms with Crippen molar-refractivity contribution in [2.45, 2.75) is 45.3 Å². The summed E-state index contributed by atoms with van der Waals surface area (Å²) >= 11 is 1.35. The summed E-state index contributed by atoms with van der Waals surface area (Å²) < 4.78 is 0. The zero-order valence-corrected chi connectivity index (χ0v) is 13.9. The Balaban J connectivity index is 1.89. The quantitative estimate of drug-likeness (QED) is 0.746. The molecule has 2 rings (SSSR count). The minimum absolute atomic E-state index is 0.00239. The van der Waals surface area contributed by atoms with Crippen LogP contribution < -0.4 is 10.6 Å². The van der Waals surface area contributed by atoms with Crippen molar-refractivity contribution in [2.24, 2.45) is 11.8 Å². The van der Waals surface area contributed by atoms with E-state index in [1.54, 1.807) is 6.07 Å². The van der Waals surface area contributed by atoms with Gasteiger partial charge in [-0.15, -0.1) is 11.3 Å². The van der Waals surface area contributed by atoms with Gasteiger partial charge in [-0.05, 0) is 30.2 Å². The second kappa shape index (κ2) is 7.74. The number of rotatable bonds is 6. The molecule has 3 atom stereocenters. The van der Waals surface area contributed by atoms with E-state index < -0.39 is 6.04 Å². The fraction of sp³-hybridized carbons (Fsp3) is 0.625. The molecular formula is C16H24N2O3S. The van der Waals surface area contributed by atoms with Crippen molar-refractivity contribution >= 4 is 23.2 Å². The fourth-order valence-corrected chi connectivity index (χ4v) is 3.38. The lowest BCUT2D eigenvalue weighted by Gasteiger charge is -2.23. The molecule has 3 unspecified atom stereocenters. The molecule has 1 aromatic heterocycles. The molecule has 1 aromatic rings. The van der Waals surface area contributed by atoms with E-state index in [2.05, 4.69) is 10.6 Å². The molecule has 0 aliphatic heterocycles. The molecule has 1 saturated carbocycles. The predicted octanol–water partition coefficient (Wildman–Crippen LogP) is 1.78. The summed E-state index contributed by atoms with van der Waals surface area (Å²) in [7, 11) is 0.